The molecule has 2 aromatic carbocycles. The van der Waals surface area contributed by atoms with Gasteiger partial charge in [-0.3, -0.25) is 4.79 Å². The maximum absolute atomic E-state index is 12.5. The molecule has 29 heavy (non-hydrogen) atoms. The molecule has 0 aliphatic carbocycles. The van der Waals surface area contributed by atoms with Crippen LogP contribution in [-0.2, 0) is 23.6 Å². The molecule has 0 aliphatic heterocycles. The number of aryl methyl sites for hydroxylation is 1. The van der Waals surface area contributed by atoms with E-state index in [9.17, 15) is 4.79 Å². The topological polar surface area (TPSA) is 51.2 Å². The normalized spacial score (nSPS) is 11.0. The molecule has 0 unspecified atom stereocenters. The molecular weight excluding hydrogens is 400 g/mol. The number of carbonyl (C=O) groups excluding carboxylic acids is 1. The van der Waals surface area contributed by atoms with Crippen LogP contribution in [0.3, 0.4) is 0 Å². The summed E-state index contributed by atoms with van der Waals surface area (Å²) < 4.78 is 5.65. The Labute approximate surface area is 180 Å². The van der Waals surface area contributed by atoms with Crippen molar-refractivity contribution in [2.45, 2.75) is 50.7 Å². The second kappa shape index (κ2) is 10.6. The van der Waals surface area contributed by atoms with Gasteiger partial charge in [0.05, 0.1) is 23.4 Å². The van der Waals surface area contributed by atoms with Crippen molar-refractivity contribution in [1.82, 2.24) is 10.3 Å². The molecule has 0 aliphatic rings. The van der Waals surface area contributed by atoms with Gasteiger partial charge in [-0.2, -0.15) is 0 Å². The van der Waals surface area contributed by atoms with Gasteiger partial charge >= 0.3 is 0 Å². The molecule has 1 amide bonds. The maximum atomic E-state index is 12.5. The lowest BCUT2D eigenvalue weighted by molar-refractivity contribution is 0.0657. The summed E-state index contributed by atoms with van der Waals surface area (Å²) in [5.41, 5.74) is 3.94. The van der Waals surface area contributed by atoms with E-state index in [0.29, 0.717) is 18.7 Å². The molecule has 0 radical (unpaired) electrons. The van der Waals surface area contributed by atoms with Crippen molar-refractivity contribution in [3.8, 4) is 0 Å². The summed E-state index contributed by atoms with van der Waals surface area (Å²) in [5, 5.41) is 6.17. The van der Waals surface area contributed by atoms with Crippen molar-refractivity contribution in [3.05, 3.63) is 81.3 Å². The van der Waals surface area contributed by atoms with E-state index in [1.54, 1.807) is 23.1 Å². The number of rotatable bonds is 9. The predicted molar refractivity (Wildman–Crippen MR) is 120 cm³/mol. The summed E-state index contributed by atoms with van der Waals surface area (Å²) in [7, 11) is 0. The second-order valence-electron chi connectivity index (χ2n) is 7.03. The molecule has 0 bridgehead atoms. The van der Waals surface area contributed by atoms with Gasteiger partial charge in [0.15, 0.2) is 0 Å². The van der Waals surface area contributed by atoms with E-state index in [2.05, 4.69) is 21.7 Å². The molecular formula is C23H26N2O2S2. The number of nitrogens with one attached hydrogen (secondary N) is 1. The first-order valence-corrected chi connectivity index (χ1v) is 11.5. The van der Waals surface area contributed by atoms with Crippen LogP contribution in [0.15, 0.2) is 58.8 Å². The van der Waals surface area contributed by atoms with Crippen molar-refractivity contribution in [2.75, 3.05) is 0 Å². The number of amides is 1. The molecule has 0 atom stereocenters. The van der Waals surface area contributed by atoms with Crippen molar-refractivity contribution in [1.29, 1.82) is 0 Å². The smallest absolute Gasteiger partial charge is 0.251 e. The van der Waals surface area contributed by atoms with E-state index < -0.39 is 0 Å². The van der Waals surface area contributed by atoms with Gasteiger partial charge in [0.25, 0.3) is 5.91 Å². The number of carbonyl (C=O) groups is 1. The molecule has 1 N–H and O–H groups in total. The predicted octanol–water partition coefficient (Wildman–Crippen LogP) is 5.60. The van der Waals surface area contributed by atoms with Crippen LogP contribution in [0.5, 0.6) is 0 Å². The van der Waals surface area contributed by atoms with Crippen LogP contribution in [0.25, 0.3) is 0 Å². The average molecular weight is 427 g/mol. The number of ether oxygens (including phenoxy) is 1. The fraction of sp³-hybridized carbons (Fsp3) is 0.304. The molecule has 0 saturated carbocycles. The van der Waals surface area contributed by atoms with E-state index in [4.69, 9.17) is 4.74 Å². The highest BCUT2D eigenvalue weighted by Gasteiger charge is 2.07. The largest absolute Gasteiger partial charge is 0.374 e. The lowest BCUT2D eigenvalue weighted by atomic mass is 10.1. The van der Waals surface area contributed by atoms with Crippen LogP contribution in [0.4, 0.5) is 0 Å². The third-order valence-corrected chi connectivity index (χ3v) is 6.07. The van der Waals surface area contributed by atoms with Gasteiger partial charge in [-0.15, -0.1) is 23.1 Å². The molecule has 6 heteroatoms. The summed E-state index contributed by atoms with van der Waals surface area (Å²) in [6.07, 6.45) is 0.199. The third kappa shape index (κ3) is 6.99. The Balaban J connectivity index is 1.49. The third-order valence-electron chi connectivity index (χ3n) is 4.20. The van der Waals surface area contributed by atoms with Crippen LogP contribution < -0.4 is 5.32 Å². The van der Waals surface area contributed by atoms with Crippen LogP contribution >= 0.6 is 23.1 Å². The summed E-state index contributed by atoms with van der Waals surface area (Å²) in [6.45, 7) is 7.14. The molecule has 0 spiro atoms. The number of benzene rings is 2. The first-order chi connectivity index (χ1) is 14.0. The number of nitrogens with zero attached hydrogens (tertiary/aromatic N) is 1. The van der Waals surface area contributed by atoms with E-state index in [1.807, 2.05) is 63.2 Å². The first kappa shape index (κ1) is 21.6. The zero-order chi connectivity index (χ0) is 20.6. The van der Waals surface area contributed by atoms with Gasteiger partial charge in [-0.1, -0.05) is 24.3 Å². The Morgan fingerprint density at radius 3 is 2.62 bits per heavy atom. The molecule has 0 fully saturated rings. The summed E-state index contributed by atoms with van der Waals surface area (Å²) >= 11 is 3.40. The lowest BCUT2D eigenvalue weighted by Crippen LogP contribution is -2.22. The maximum Gasteiger partial charge on any atom is 0.251 e. The fourth-order valence-corrected chi connectivity index (χ4v) is 4.22. The minimum atomic E-state index is -0.0690. The molecule has 3 rings (SSSR count). The zero-order valence-electron chi connectivity index (χ0n) is 17.0. The molecule has 152 valence electrons. The summed E-state index contributed by atoms with van der Waals surface area (Å²) in [6, 6.07) is 15.8. The Bertz CT molecular complexity index is 936. The highest BCUT2D eigenvalue weighted by molar-refractivity contribution is 7.98. The van der Waals surface area contributed by atoms with Gasteiger partial charge in [0.2, 0.25) is 0 Å². The highest BCUT2D eigenvalue weighted by Crippen LogP contribution is 2.24. The Morgan fingerprint density at radius 2 is 1.93 bits per heavy atom. The standard InChI is InChI=1S/C23H26N2O2S2/c1-16(2)27-13-19-6-4-5-18(11-19)12-24-23(26)20-7-9-22(10-8-20)29-15-21-14-28-17(3)25-21/h4-11,14,16H,12-13,15H2,1-3H3,(H,24,26). The van der Waals surface area contributed by atoms with Gasteiger partial charge in [0, 0.05) is 28.1 Å². The number of thiazole rings is 1. The number of hydrogen-bond acceptors (Lipinski definition) is 5. The van der Waals surface area contributed by atoms with E-state index in [1.165, 1.54) is 0 Å². The number of hydrogen-bond donors (Lipinski definition) is 1. The highest BCUT2D eigenvalue weighted by atomic mass is 32.2. The molecule has 0 saturated heterocycles. The number of aromatic nitrogens is 1. The van der Waals surface area contributed by atoms with E-state index in [0.717, 1.165) is 32.5 Å². The van der Waals surface area contributed by atoms with Crippen molar-refractivity contribution in [3.63, 3.8) is 0 Å². The van der Waals surface area contributed by atoms with Gasteiger partial charge in [-0.05, 0) is 56.2 Å². The molecule has 1 aromatic heterocycles. The quantitative estimate of drug-likeness (QED) is 0.453. The Kier molecular flexibility index (Phi) is 7.86. The van der Waals surface area contributed by atoms with Gasteiger partial charge in [-0.25, -0.2) is 4.98 Å². The monoisotopic (exact) mass is 426 g/mol. The Hall–Kier alpha value is -2.15. The van der Waals surface area contributed by atoms with Crippen LogP contribution in [-0.4, -0.2) is 17.0 Å². The van der Waals surface area contributed by atoms with Gasteiger partial charge < -0.3 is 10.1 Å². The number of thioether (sulfide) groups is 1. The zero-order valence-corrected chi connectivity index (χ0v) is 18.6. The van der Waals surface area contributed by atoms with Crippen molar-refractivity contribution < 1.29 is 9.53 Å². The second-order valence-corrected chi connectivity index (χ2v) is 9.14. The summed E-state index contributed by atoms with van der Waals surface area (Å²) in [5.74, 6) is 0.771. The van der Waals surface area contributed by atoms with Crippen molar-refractivity contribution in [2.24, 2.45) is 0 Å². The van der Waals surface area contributed by atoms with Crippen LogP contribution in [0, 0.1) is 6.92 Å². The van der Waals surface area contributed by atoms with E-state index >= 15 is 0 Å². The minimum absolute atomic E-state index is 0.0690. The van der Waals surface area contributed by atoms with Crippen LogP contribution in [0.1, 0.15) is 46.0 Å². The Morgan fingerprint density at radius 1 is 1.17 bits per heavy atom. The fourth-order valence-electron chi connectivity index (χ4n) is 2.71. The molecule has 4 nitrogen and oxygen atoms in total. The SMILES string of the molecule is Cc1nc(CSc2ccc(C(=O)NCc3cccc(COC(C)C)c3)cc2)cs1. The van der Waals surface area contributed by atoms with Crippen molar-refractivity contribution >= 4 is 29.0 Å². The molecule has 1 heterocycles. The first-order valence-electron chi connectivity index (χ1n) is 9.61. The summed E-state index contributed by atoms with van der Waals surface area (Å²) in [4.78, 5) is 18.1. The van der Waals surface area contributed by atoms with Gasteiger partial charge in [0.1, 0.15) is 0 Å². The minimum Gasteiger partial charge on any atom is -0.374 e. The lowest BCUT2D eigenvalue weighted by Gasteiger charge is -2.10. The molecule has 3 aromatic rings. The van der Waals surface area contributed by atoms with Crippen LogP contribution in [0.2, 0.25) is 0 Å². The van der Waals surface area contributed by atoms with E-state index in [-0.39, 0.29) is 12.0 Å². The average Bonchev–Trinajstić information content (AvgIpc) is 3.15.